The molecule has 1 aliphatic carbocycles. The molecule has 2 nitrogen and oxygen atoms in total. The van der Waals surface area contributed by atoms with Crippen LogP contribution in [0.2, 0.25) is 0 Å². The topological polar surface area (TPSA) is 16.4 Å². The van der Waals surface area contributed by atoms with Gasteiger partial charge in [-0.05, 0) is 110 Å². The predicted octanol–water partition coefficient (Wildman–Crippen LogP) is 18.3. The highest BCUT2D eigenvalue weighted by Crippen LogP contribution is 2.59. The lowest BCUT2D eigenvalue weighted by Crippen LogP contribution is -2.28. The predicted molar refractivity (Wildman–Crippen MR) is 287 cm³/mol. The summed E-state index contributed by atoms with van der Waals surface area (Å²) in [6.45, 7) is 0. The van der Waals surface area contributed by atoms with Crippen molar-refractivity contribution in [2.24, 2.45) is 0 Å². The first-order valence-electron chi connectivity index (χ1n) is 23.3. The van der Waals surface area contributed by atoms with Crippen molar-refractivity contribution in [1.29, 1.82) is 0 Å². The average Bonchev–Trinajstić information content (AvgIpc) is 4.09. The van der Waals surface area contributed by atoms with Gasteiger partial charge in [0.25, 0.3) is 0 Å². The van der Waals surface area contributed by atoms with Crippen molar-refractivity contribution in [2.75, 3.05) is 4.90 Å². The Balaban J connectivity index is 1.01. The number of nitrogens with zero attached hydrogens (tertiary/aromatic N) is 1. The molecular formula is C65H41NOS. The molecule has 1 aliphatic rings. The third-order valence-electron chi connectivity index (χ3n) is 14.3. The highest BCUT2D eigenvalue weighted by Gasteiger charge is 2.47. The largest absolute Gasteiger partial charge is 0.455 e. The second-order valence-corrected chi connectivity index (χ2v) is 19.0. The van der Waals surface area contributed by atoms with E-state index in [1.165, 1.54) is 70.1 Å². The summed E-state index contributed by atoms with van der Waals surface area (Å²) in [7, 11) is 0. The van der Waals surface area contributed by atoms with Crippen LogP contribution in [0.4, 0.5) is 17.1 Å². The molecule has 0 spiro atoms. The van der Waals surface area contributed by atoms with Gasteiger partial charge in [-0.25, -0.2) is 0 Å². The molecule has 14 rings (SSSR count). The lowest BCUT2D eigenvalue weighted by molar-refractivity contribution is 0.673. The van der Waals surface area contributed by atoms with Gasteiger partial charge in [0.1, 0.15) is 11.2 Å². The van der Waals surface area contributed by atoms with Crippen LogP contribution in [0.3, 0.4) is 0 Å². The molecule has 0 radical (unpaired) electrons. The lowest BCUT2D eigenvalue weighted by atomic mass is 9.68. The minimum absolute atomic E-state index is 0.536. The Bertz CT molecular complexity index is 4050. The maximum Gasteiger partial charge on any atom is 0.143 e. The van der Waals surface area contributed by atoms with Gasteiger partial charge in [0.15, 0.2) is 0 Å². The summed E-state index contributed by atoms with van der Waals surface area (Å²) in [6, 6.07) is 91.3. The Morgan fingerprint density at radius 3 is 1.84 bits per heavy atom. The van der Waals surface area contributed by atoms with Crippen LogP contribution in [0.5, 0.6) is 0 Å². The fourth-order valence-electron chi connectivity index (χ4n) is 11.5. The number of fused-ring (bicyclic) bond motifs is 11. The molecule has 3 heteroatoms. The SMILES string of the molecule is c1ccc(C2(c3ccccc3)c3ccccc3-c3c(N(c4ccc(-c5cccc6sc7ccccc7c56)cc4)c4cccc(-c5cccc6oc7c8ccccc8ccc7c56)c4)cccc32)cc1. The van der Waals surface area contributed by atoms with E-state index in [4.69, 9.17) is 4.42 Å². The van der Waals surface area contributed by atoms with Crippen LogP contribution in [0, 0.1) is 0 Å². The molecule has 2 aromatic heterocycles. The van der Waals surface area contributed by atoms with E-state index < -0.39 is 5.41 Å². The molecule has 68 heavy (non-hydrogen) atoms. The van der Waals surface area contributed by atoms with Crippen molar-refractivity contribution >= 4 is 81.3 Å². The minimum atomic E-state index is -0.536. The summed E-state index contributed by atoms with van der Waals surface area (Å²) in [5.74, 6) is 0. The molecule has 0 unspecified atom stereocenters. The Hall–Kier alpha value is -8.50. The van der Waals surface area contributed by atoms with E-state index in [0.717, 1.165) is 55.5 Å². The van der Waals surface area contributed by atoms with Gasteiger partial charge in [0.05, 0.1) is 11.1 Å². The summed E-state index contributed by atoms with van der Waals surface area (Å²) in [6.07, 6.45) is 0. The highest BCUT2D eigenvalue weighted by molar-refractivity contribution is 7.25. The van der Waals surface area contributed by atoms with Gasteiger partial charge >= 0.3 is 0 Å². The van der Waals surface area contributed by atoms with Crippen molar-refractivity contribution in [2.45, 2.75) is 5.41 Å². The summed E-state index contributed by atoms with van der Waals surface area (Å²) in [5.41, 5.74) is 16.8. The number of thiophene rings is 1. The zero-order valence-electron chi connectivity index (χ0n) is 36.9. The first-order valence-corrected chi connectivity index (χ1v) is 24.1. The number of rotatable bonds is 7. The Morgan fingerprint density at radius 1 is 0.382 bits per heavy atom. The molecule has 0 saturated carbocycles. The van der Waals surface area contributed by atoms with Crippen molar-refractivity contribution in [3.63, 3.8) is 0 Å². The average molecular weight is 884 g/mol. The quantitative estimate of drug-likeness (QED) is 0.159. The van der Waals surface area contributed by atoms with E-state index in [2.05, 4.69) is 254 Å². The van der Waals surface area contributed by atoms with E-state index in [9.17, 15) is 0 Å². The minimum Gasteiger partial charge on any atom is -0.455 e. The maximum absolute atomic E-state index is 6.70. The Morgan fingerprint density at radius 2 is 1.01 bits per heavy atom. The zero-order chi connectivity index (χ0) is 44.8. The smallest absolute Gasteiger partial charge is 0.143 e. The molecule has 0 fully saturated rings. The van der Waals surface area contributed by atoms with E-state index >= 15 is 0 Å². The fraction of sp³-hybridized carbons (Fsp3) is 0.0154. The van der Waals surface area contributed by atoms with Crippen LogP contribution in [0.15, 0.2) is 253 Å². The highest BCUT2D eigenvalue weighted by atomic mass is 32.1. The first kappa shape index (κ1) is 38.7. The Kier molecular flexibility index (Phi) is 8.71. The Labute approximate surface area is 398 Å². The third kappa shape index (κ3) is 5.70. The van der Waals surface area contributed by atoms with Gasteiger partial charge in [-0.3, -0.25) is 0 Å². The van der Waals surface area contributed by atoms with Crippen molar-refractivity contribution in [3.05, 3.63) is 271 Å². The molecule has 318 valence electrons. The molecule has 0 aliphatic heterocycles. The summed E-state index contributed by atoms with van der Waals surface area (Å²) in [5, 5.41) is 7.16. The number of anilines is 3. The van der Waals surface area contributed by atoms with Crippen LogP contribution >= 0.6 is 11.3 Å². The van der Waals surface area contributed by atoms with Crippen LogP contribution in [-0.4, -0.2) is 0 Å². The monoisotopic (exact) mass is 883 g/mol. The van der Waals surface area contributed by atoms with Gasteiger partial charge in [-0.15, -0.1) is 11.3 Å². The molecule has 0 atom stereocenters. The molecule has 0 saturated heterocycles. The van der Waals surface area contributed by atoms with E-state index in [1.54, 1.807) is 0 Å². The standard InChI is InChI=1S/C65H41NOS/c1-3-19-45(20-4-1)65(46-21-5-2-6-22-46)55-29-11-9-25-52(55)63-56(65)30-16-31-57(63)66(47-38-35-43(36-39-47)49-28-15-34-60-62(49)53-26-10-12-33-59(53)68-60)48-23-13-18-44(41-48)50-27-14-32-58-61(50)54-40-37-42-17-7-8-24-51(42)64(54)67-58/h1-41H. The molecule has 0 amide bonds. The van der Waals surface area contributed by atoms with Gasteiger partial charge < -0.3 is 9.32 Å². The molecule has 0 bridgehead atoms. The molecule has 0 N–H and O–H groups in total. The summed E-state index contributed by atoms with van der Waals surface area (Å²) < 4.78 is 9.32. The summed E-state index contributed by atoms with van der Waals surface area (Å²) in [4.78, 5) is 2.48. The molecule has 2 heterocycles. The van der Waals surface area contributed by atoms with Gasteiger partial charge in [-0.1, -0.05) is 194 Å². The van der Waals surface area contributed by atoms with E-state index in [-0.39, 0.29) is 0 Å². The summed E-state index contributed by atoms with van der Waals surface area (Å²) >= 11 is 1.86. The number of hydrogen-bond acceptors (Lipinski definition) is 3. The second kappa shape index (κ2) is 15.3. The third-order valence-corrected chi connectivity index (χ3v) is 15.5. The molecule has 11 aromatic carbocycles. The van der Waals surface area contributed by atoms with Crippen LogP contribution in [-0.2, 0) is 5.41 Å². The normalized spacial score (nSPS) is 12.8. The van der Waals surface area contributed by atoms with Crippen LogP contribution in [0.1, 0.15) is 22.3 Å². The van der Waals surface area contributed by atoms with Crippen LogP contribution in [0.25, 0.3) is 86.3 Å². The number of hydrogen-bond donors (Lipinski definition) is 0. The van der Waals surface area contributed by atoms with Gasteiger partial charge in [0, 0.05) is 53.3 Å². The van der Waals surface area contributed by atoms with Crippen molar-refractivity contribution in [3.8, 4) is 33.4 Å². The van der Waals surface area contributed by atoms with Crippen molar-refractivity contribution in [1.82, 2.24) is 0 Å². The first-order chi connectivity index (χ1) is 33.7. The second-order valence-electron chi connectivity index (χ2n) is 17.9. The van der Waals surface area contributed by atoms with Gasteiger partial charge in [-0.2, -0.15) is 0 Å². The van der Waals surface area contributed by atoms with Crippen LogP contribution < -0.4 is 4.90 Å². The molecular weight excluding hydrogens is 843 g/mol. The maximum atomic E-state index is 6.70. The fourth-order valence-corrected chi connectivity index (χ4v) is 12.6. The lowest BCUT2D eigenvalue weighted by Gasteiger charge is -2.34. The van der Waals surface area contributed by atoms with E-state index in [0.29, 0.717) is 0 Å². The number of furan rings is 1. The van der Waals surface area contributed by atoms with Gasteiger partial charge in [0.2, 0.25) is 0 Å². The molecule has 13 aromatic rings. The van der Waals surface area contributed by atoms with E-state index in [1.807, 2.05) is 11.3 Å². The zero-order valence-corrected chi connectivity index (χ0v) is 37.8. The van der Waals surface area contributed by atoms with Crippen molar-refractivity contribution < 1.29 is 4.42 Å². The number of benzene rings is 11.